The quantitative estimate of drug-likeness (QED) is 0.689. The molecule has 1 amide bonds. The van der Waals surface area contributed by atoms with Crippen molar-refractivity contribution < 1.29 is 22.7 Å². The van der Waals surface area contributed by atoms with E-state index >= 15 is 0 Å². The number of carbonyl (C=O) groups is 1. The van der Waals surface area contributed by atoms with Gasteiger partial charge in [0.25, 0.3) is 5.91 Å². The van der Waals surface area contributed by atoms with Gasteiger partial charge in [-0.3, -0.25) is 9.78 Å². The maximum atomic E-state index is 12.8. The predicted molar refractivity (Wildman–Crippen MR) is 93.6 cm³/mol. The molecule has 2 aromatic rings. The molecule has 5 nitrogen and oxygen atoms in total. The topological polar surface area (TPSA) is 63.2 Å². The summed E-state index contributed by atoms with van der Waals surface area (Å²) in [5.41, 5.74) is -0.215. The molecule has 0 atom stereocenters. The lowest BCUT2D eigenvalue weighted by Gasteiger charge is -2.12. The lowest BCUT2D eigenvalue weighted by molar-refractivity contribution is -0.137. The maximum absolute atomic E-state index is 12.8. The summed E-state index contributed by atoms with van der Waals surface area (Å²) in [6.45, 7) is 1.22. The van der Waals surface area contributed by atoms with Crippen LogP contribution in [0.4, 0.5) is 24.5 Å². The van der Waals surface area contributed by atoms with Crippen LogP contribution in [0.5, 0.6) is 0 Å². The van der Waals surface area contributed by atoms with Crippen LogP contribution in [0.25, 0.3) is 0 Å². The first-order valence-electron chi connectivity index (χ1n) is 7.67. The highest BCUT2D eigenvalue weighted by Crippen LogP contribution is 2.34. The zero-order chi connectivity index (χ0) is 19.2. The van der Waals surface area contributed by atoms with Gasteiger partial charge >= 0.3 is 6.18 Å². The monoisotopic (exact) mass is 387 g/mol. The van der Waals surface area contributed by atoms with E-state index in [1.54, 1.807) is 19.4 Å². The summed E-state index contributed by atoms with van der Waals surface area (Å²) in [6.07, 6.45) is -0.900. The van der Waals surface area contributed by atoms with Crippen molar-refractivity contribution in [2.75, 3.05) is 30.9 Å². The third kappa shape index (κ3) is 5.60. The van der Waals surface area contributed by atoms with E-state index in [1.165, 1.54) is 6.20 Å². The van der Waals surface area contributed by atoms with E-state index in [0.29, 0.717) is 18.8 Å². The summed E-state index contributed by atoms with van der Waals surface area (Å²) in [6, 6.07) is 4.29. The van der Waals surface area contributed by atoms with Crippen LogP contribution < -0.4 is 10.6 Å². The molecule has 140 valence electrons. The third-order valence-corrected chi connectivity index (χ3v) is 3.73. The average Bonchev–Trinajstić information content (AvgIpc) is 2.60. The smallest absolute Gasteiger partial charge is 0.385 e. The number of carbonyl (C=O) groups excluding carboxylic acids is 1. The van der Waals surface area contributed by atoms with Crippen LogP contribution in [-0.4, -0.2) is 31.2 Å². The lowest BCUT2D eigenvalue weighted by Crippen LogP contribution is -2.14. The van der Waals surface area contributed by atoms with Gasteiger partial charge in [0, 0.05) is 32.7 Å². The Bertz CT molecular complexity index is 769. The van der Waals surface area contributed by atoms with E-state index in [4.69, 9.17) is 16.3 Å². The first-order valence-corrected chi connectivity index (χ1v) is 8.05. The molecule has 1 heterocycles. The second-order valence-electron chi connectivity index (χ2n) is 5.38. The summed E-state index contributed by atoms with van der Waals surface area (Å²) in [4.78, 5) is 16.3. The van der Waals surface area contributed by atoms with Gasteiger partial charge in [-0.2, -0.15) is 13.2 Å². The molecule has 0 spiro atoms. The largest absolute Gasteiger partial charge is 0.416 e. The van der Waals surface area contributed by atoms with Crippen LogP contribution in [0.2, 0.25) is 5.02 Å². The van der Waals surface area contributed by atoms with Gasteiger partial charge in [-0.1, -0.05) is 11.6 Å². The number of hydrogen-bond acceptors (Lipinski definition) is 4. The molecule has 1 aromatic heterocycles. The molecule has 0 radical (unpaired) electrons. The Hall–Kier alpha value is -2.32. The Morgan fingerprint density at radius 3 is 2.73 bits per heavy atom. The number of aromatic nitrogens is 1. The van der Waals surface area contributed by atoms with Gasteiger partial charge in [0.2, 0.25) is 0 Å². The number of hydrogen-bond donors (Lipinski definition) is 2. The van der Waals surface area contributed by atoms with E-state index in [1.807, 2.05) is 0 Å². The fourth-order valence-corrected chi connectivity index (χ4v) is 2.27. The van der Waals surface area contributed by atoms with Crippen molar-refractivity contribution in [2.45, 2.75) is 12.6 Å². The maximum Gasteiger partial charge on any atom is 0.416 e. The average molecular weight is 388 g/mol. The summed E-state index contributed by atoms with van der Waals surface area (Å²) in [7, 11) is 1.60. The molecule has 26 heavy (non-hydrogen) atoms. The third-order valence-electron chi connectivity index (χ3n) is 3.40. The molecule has 0 aliphatic rings. The molecule has 0 saturated carbocycles. The molecule has 0 saturated heterocycles. The van der Waals surface area contributed by atoms with Gasteiger partial charge < -0.3 is 15.4 Å². The predicted octanol–water partition coefficient (Wildman–Crippen LogP) is 4.45. The lowest BCUT2D eigenvalue weighted by atomic mass is 10.2. The number of methoxy groups -OCH3 is 1. The van der Waals surface area contributed by atoms with Crippen molar-refractivity contribution in [3.8, 4) is 0 Å². The highest BCUT2D eigenvalue weighted by atomic mass is 35.5. The van der Waals surface area contributed by atoms with Crippen LogP contribution in [0.15, 0.2) is 36.7 Å². The van der Waals surface area contributed by atoms with E-state index in [2.05, 4.69) is 15.6 Å². The molecule has 1 aromatic carbocycles. The molecular weight excluding hydrogens is 371 g/mol. The van der Waals surface area contributed by atoms with Gasteiger partial charge in [-0.15, -0.1) is 0 Å². The Kier molecular flexibility index (Phi) is 6.82. The van der Waals surface area contributed by atoms with Crippen molar-refractivity contribution in [2.24, 2.45) is 0 Å². The molecule has 9 heteroatoms. The number of amides is 1. The minimum Gasteiger partial charge on any atom is -0.385 e. The minimum atomic E-state index is -4.53. The van der Waals surface area contributed by atoms with Crippen LogP contribution in [-0.2, 0) is 10.9 Å². The number of pyridine rings is 1. The van der Waals surface area contributed by atoms with E-state index < -0.39 is 17.6 Å². The second-order valence-corrected chi connectivity index (χ2v) is 5.79. The second kappa shape index (κ2) is 8.86. The van der Waals surface area contributed by atoms with Crippen molar-refractivity contribution in [1.82, 2.24) is 4.98 Å². The molecule has 0 fully saturated rings. The number of rotatable bonds is 7. The molecule has 0 aliphatic heterocycles. The van der Waals surface area contributed by atoms with Crippen molar-refractivity contribution in [3.05, 3.63) is 52.8 Å². The Morgan fingerprint density at radius 1 is 1.27 bits per heavy atom. The highest BCUT2D eigenvalue weighted by Gasteiger charge is 2.31. The highest BCUT2D eigenvalue weighted by molar-refractivity contribution is 6.34. The fraction of sp³-hybridized carbons (Fsp3) is 0.294. The van der Waals surface area contributed by atoms with E-state index in [9.17, 15) is 18.0 Å². The van der Waals surface area contributed by atoms with Gasteiger partial charge in [-0.25, -0.2) is 0 Å². The zero-order valence-corrected chi connectivity index (χ0v) is 14.6. The summed E-state index contributed by atoms with van der Waals surface area (Å²) in [5, 5.41) is 5.47. The number of benzene rings is 1. The number of halogens is 4. The molecular formula is C17H17ClF3N3O2. The number of alkyl halides is 3. The van der Waals surface area contributed by atoms with Crippen LogP contribution in [0.1, 0.15) is 22.3 Å². The molecule has 0 unspecified atom stereocenters. The van der Waals surface area contributed by atoms with Crippen LogP contribution in [0, 0.1) is 0 Å². The zero-order valence-electron chi connectivity index (χ0n) is 13.9. The molecule has 0 aliphatic carbocycles. The first-order chi connectivity index (χ1) is 12.3. The van der Waals surface area contributed by atoms with Gasteiger partial charge in [0.05, 0.1) is 27.5 Å². The normalized spacial score (nSPS) is 11.3. The molecule has 2 rings (SSSR count). The Labute approximate surface area is 153 Å². The van der Waals surface area contributed by atoms with E-state index in [-0.39, 0.29) is 16.3 Å². The van der Waals surface area contributed by atoms with Crippen molar-refractivity contribution >= 4 is 28.9 Å². The fourth-order valence-electron chi connectivity index (χ4n) is 2.10. The van der Waals surface area contributed by atoms with Crippen LogP contribution >= 0.6 is 11.6 Å². The summed E-state index contributed by atoms with van der Waals surface area (Å²) >= 11 is 5.89. The van der Waals surface area contributed by atoms with Gasteiger partial charge in [0.15, 0.2) is 0 Å². The van der Waals surface area contributed by atoms with Gasteiger partial charge in [-0.05, 0) is 30.7 Å². The number of nitrogens with zero attached hydrogens (tertiary/aromatic N) is 1. The molecule has 0 bridgehead atoms. The SMILES string of the molecule is COCCCNc1cncc(C(=O)Nc2cc(C(F)(F)F)ccc2Cl)c1. The summed E-state index contributed by atoms with van der Waals surface area (Å²) in [5.74, 6) is -0.612. The summed E-state index contributed by atoms with van der Waals surface area (Å²) < 4.78 is 43.4. The standard InChI is InChI=1S/C17H17ClF3N3O2/c1-26-6-2-5-23-13-7-11(9-22-10-13)16(25)24-15-8-12(17(19,20)21)3-4-14(15)18/h3-4,7-10,23H,2,5-6H2,1H3,(H,24,25). The first kappa shape index (κ1) is 20.0. The Balaban J connectivity index is 2.10. The van der Waals surface area contributed by atoms with Crippen molar-refractivity contribution in [1.29, 1.82) is 0 Å². The van der Waals surface area contributed by atoms with E-state index in [0.717, 1.165) is 24.6 Å². The van der Waals surface area contributed by atoms with Crippen LogP contribution in [0.3, 0.4) is 0 Å². The minimum absolute atomic E-state index is 0.00755. The van der Waals surface area contributed by atoms with Gasteiger partial charge in [0.1, 0.15) is 0 Å². The Morgan fingerprint density at radius 2 is 2.04 bits per heavy atom. The van der Waals surface area contributed by atoms with Crippen molar-refractivity contribution in [3.63, 3.8) is 0 Å². The number of ether oxygens (including phenoxy) is 1. The number of anilines is 2. The molecule has 2 N–H and O–H groups in total. The number of nitrogens with one attached hydrogen (secondary N) is 2.